The molecule has 0 fully saturated rings. The monoisotopic (exact) mass is 273 g/mol. The first-order valence-electron chi connectivity index (χ1n) is 6.08. The van der Waals surface area contributed by atoms with Crippen molar-refractivity contribution in [3.8, 4) is 0 Å². The molecule has 0 saturated carbocycles. The molecule has 0 spiro atoms. The van der Waals surface area contributed by atoms with Crippen LogP contribution < -0.4 is 5.32 Å². The second kappa shape index (κ2) is 7.96. The summed E-state index contributed by atoms with van der Waals surface area (Å²) in [5, 5.41) is 3.12. The van der Waals surface area contributed by atoms with Gasteiger partial charge in [-0.1, -0.05) is 30.4 Å². The lowest BCUT2D eigenvalue weighted by Crippen LogP contribution is -2.19. The van der Waals surface area contributed by atoms with Gasteiger partial charge in [-0.3, -0.25) is 0 Å². The summed E-state index contributed by atoms with van der Waals surface area (Å²) in [5.74, 6) is 0. The van der Waals surface area contributed by atoms with Crippen molar-refractivity contribution in [2.45, 2.75) is 12.6 Å². The number of hydrogen-bond donors (Lipinski definition) is 1. The van der Waals surface area contributed by atoms with Gasteiger partial charge in [0.05, 0.1) is 12.2 Å². The van der Waals surface area contributed by atoms with E-state index in [2.05, 4.69) is 5.32 Å². The Morgan fingerprint density at radius 2 is 1.95 bits per heavy atom. The first-order chi connectivity index (χ1) is 9.05. The third kappa shape index (κ3) is 5.89. The normalized spacial score (nSPS) is 12.2. The third-order valence-electron chi connectivity index (χ3n) is 2.53. The highest BCUT2D eigenvalue weighted by atomic mass is 19.4. The Bertz CT molecular complexity index is 402. The number of halogens is 3. The Kier molecular flexibility index (Phi) is 6.59. The molecule has 2 nitrogen and oxygen atoms in total. The van der Waals surface area contributed by atoms with Crippen LogP contribution in [0.2, 0.25) is 0 Å². The van der Waals surface area contributed by atoms with Crippen LogP contribution in [0.5, 0.6) is 0 Å². The number of ether oxygens (including phenoxy) is 1. The maximum absolute atomic E-state index is 12.7. The SMILES string of the molecule is COCCNCCC=Cc1ccccc1C(F)(F)F. The zero-order valence-corrected chi connectivity index (χ0v) is 10.8. The van der Waals surface area contributed by atoms with Crippen molar-refractivity contribution in [3.63, 3.8) is 0 Å². The molecule has 19 heavy (non-hydrogen) atoms. The molecule has 106 valence electrons. The molecule has 0 unspecified atom stereocenters. The molecule has 0 saturated heterocycles. The second-order valence-electron chi connectivity index (χ2n) is 4.02. The largest absolute Gasteiger partial charge is 0.416 e. The molecule has 0 aliphatic rings. The zero-order chi connectivity index (χ0) is 14.1. The summed E-state index contributed by atoms with van der Waals surface area (Å²) in [6.07, 6.45) is -0.376. The van der Waals surface area contributed by atoms with E-state index in [1.165, 1.54) is 18.2 Å². The van der Waals surface area contributed by atoms with E-state index >= 15 is 0 Å². The predicted octanol–water partition coefficient (Wildman–Crippen LogP) is 3.34. The molecule has 0 heterocycles. The molecule has 1 rings (SSSR count). The summed E-state index contributed by atoms with van der Waals surface area (Å²) in [7, 11) is 1.62. The van der Waals surface area contributed by atoms with Gasteiger partial charge in [-0.15, -0.1) is 0 Å². The number of rotatable bonds is 7. The van der Waals surface area contributed by atoms with E-state index in [-0.39, 0.29) is 5.56 Å². The van der Waals surface area contributed by atoms with E-state index in [0.717, 1.165) is 12.6 Å². The van der Waals surface area contributed by atoms with E-state index in [1.54, 1.807) is 19.3 Å². The minimum absolute atomic E-state index is 0.201. The van der Waals surface area contributed by atoms with Crippen molar-refractivity contribution in [1.29, 1.82) is 0 Å². The van der Waals surface area contributed by atoms with E-state index in [0.29, 0.717) is 19.6 Å². The topological polar surface area (TPSA) is 21.3 Å². The number of nitrogens with one attached hydrogen (secondary N) is 1. The Morgan fingerprint density at radius 3 is 2.63 bits per heavy atom. The van der Waals surface area contributed by atoms with Gasteiger partial charge in [-0.2, -0.15) is 13.2 Å². The minimum atomic E-state index is -4.31. The Morgan fingerprint density at radius 1 is 1.21 bits per heavy atom. The maximum Gasteiger partial charge on any atom is 0.416 e. The first-order valence-corrected chi connectivity index (χ1v) is 6.08. The molecule has 1 N–H and O–H groups in total. The summed E-state index contributed by atoms with van der Waals surface area (Å²) in [5.41, 5.74) is -0.398. The summed E-state index contributed by atoms with van der Waals surface area (Å²) < 4.78 is 43.0. The van der Waals surface area contributed by atoms with Crippen molar-refractivity contribution in [2.75, 3.05) is 26.8 Å². The minimum Gasteiger partial charge on any atom is -0.383 e. The average molecular weight is 273 g/mol. The van der Waals surface area contributed by atoms with Crippen LogP contribution in [0, 0.1) is 0 Å². The van der Waals surface area contributed by atoms with Gasteiger partial charge in [0.1, 0.15) is 0 Å². The number of alkyl halides is 3. The lowest BCUT2D eigenvalue weighted by atomic mass is 10.1. The smallest absolute Gasteiger partial charge is 0.383 e. The van der Waals surface area contributed by atoms with Crippen LogP contribution in [0.4, 0.5) is 13.2 Å². The van der Waals surface area contributed by atoms with Gasteiger partial charge in [-0.05, 0) is 24.6 Å². The summed E-state index contributed by atoms with van der Waals surface area (Å²) in [6.45, 7) is 2.08. The molecule has 0 amide bonds. The van der Waals surface area contributed by atoms with Gasteiger partial charge in [0.15, 0.2) is 0 Å². The third-order valence-corrected chi connectivity index (χ3v) is 2.53. The van der Waals surface area contributed by atoms with Crippen molar-refractivity contribution in [3.05, 3.63) is 41.5 Å². The lowest BCUT2D eigenvalue weighted by molar-refractivity contribution is -0.137. The molecule has 0 aliphatic heterocycles. The van der Waals surface area contributed by atoms with E-state index in [1.807, 2.05) is 0 Å². The highest BCUT2D eigenvalue weighted by molar-refractivity contribution is 5.54. The Labute approximate surface area is 111 Å². The molecule has 0 aliphatic carbocycles. The van der Waals surface area contributed by atoms with Crippen LogP contribution in [0.3, 0.4) is 0 Å². The Hall–Kier alpha value is -1.33. The number of hydrogen-bond acceptors (Lipinski definition) is 2. The van der Waals surface area contributed by atoms with Crippen LogP contribution in [-0.4, -0.2) is 26.8 Å². The molecule has 0 bridgehead atoms. The highest BCUT2D eigenvalue weighted by Gasteiger charge is 2.32. The number of benzene rings is 1. The fourth-order valence-corrected chi connectivity index (χ4v) is 1.60. The fourth-order valence-electron chi connectivity index (χ4n) is 1.60. The average Bonchev–Trinajstić information content (AvgIpc) is 2.37. The van der Waals surface area contributed by atoms with Gasteiger partial charge in [-0.25, -0.2) is 0 Å². The highest BCUT2D eigenvalue weighted by Crippen LogP contribution is 2.32. The van der Waals surface area contributed by atoms with Crippen LogP contribution in [-0.2, 0) is 10.9 Å². The van der Waals surface area contributed by atoms with Crippen LogP contribution in [0.25, 0.3) is 6.08 Å². The predicted molar refractivity (Wildman–Crippen MR) is 69.8 cm³/mol. The summed E-state index contributed by atoms with van der Waals surface area (Å²) in [4.78, 5) is 0. The summed E-state index contributed by atoms with van der Waals surface area (Å²) >= 11 is 0. The van der Waals surface area contributed by atoms with Crippen LogP contribution in [0.15, 0.2) is 30.3 Å². The lowest BCUT2D eigenvalue weighted by Gasteiger charge is -2.09. The van der Waals surface area contributed by atoms with Crippen molar-refractivity contribution < 1.29 is 17.9 Å². The van der Waals surface area contributed by atoms with Crippen molar-refractivity contribution in [2.24, 2.45) is 0 Å². The molecule has 0 atom stereocenters. The molecule has 5 heteroatoms. The molecule has 1 aromatic carbocycles. The maximum atomic E-state index is 12.7. The van der Waals surface area contributed by atoms with Gasteiger partial charge >= 0.3 is 6.18 Å². The standard InChI is InChI=1S/C14H18F3NO/c1-19-11-10-18-9-5-4-7-12-6-2-3-8-13(12)14(15,16)17/h2-4,6-8,18H,5,9-11H2,1H3. The van der Waals surface area contributed by atoms with Gasteiger partial charge in [0, 0.05) is 13.7 Å². The zero-order valence-electron chi connectivity index (χ0n) is 10.8. The van der Waals surface area contributed by atoms with Crippen LogP contribution in [0.1, 0.15) is 17.5 Å². The van der Waals surface area contributed by atoms with Crippen LogP contribution >= 0.6 is 0 Å². The van der Waals surface area contributed by atoms with E-state index in [9.17, 15) is 13.2 Å². The molecule has 1 aromatic rings. The van der Waals surface area contributed by atoms with Gasteiger partial charge in [0.25, 0.3) is 0 Å². The first kappa shape index (κ1) is 15.7. The molecular weight excluding hydrogens is 255 g/mol. The fraction of sp³-hybridized carbons (Fsp3) is 0.429. The molecule has 0 radical (unpaired) electrons. The molecule has 0 aromatic heterocycles. The van der Waals surface area contributed by atoms with Gasteiger partial charge in [0.2, 0.25) is 0 Å². The second-order valence-corrected chi connectivity index (χ2v) is 4.02. The van der Waals surface area contributed by atoms with Gasteiger partial charge < -0.3 is 10.1 Å². The van der Waals surface area contributed by atoms with Crippen molar-refractivity contribution in [1.82, 2.24) is 5.32 Å². The summed E-state index contributed by atoms with van der Waals surface area (Å²) in [6, 6.07) is 5.56. The van der Waals surface area contributed by atoms with E-state index < -0.39 is 11.7 Å². The van der Waals surface area contributed by atoms with E-state index in [4.69, 9.17) is 4.74 Å². The van der Waals surface area contributed by atoms with Crippen molar-refractivity contribution >= 4 is 6.08 Å². The quantitative estimate of drug-likeness (QED) is 0.769. The number of methoxy groups -OCH3 is 1. The Balaban J connectivity index is 2.48. The molecular formula is C14H18F3NO.